The molecule has 0 amide bonds. The number of fused-ring (bicyclic) bond motifs is 1. The molecular weight excluding hydrogens is 356 g/mol. The summed E-state index contributed by atoms with van der Waals surface area (Å²) in [5.74, 6) is -0.145. The highest BCUT2D eigenvalue weighted by Gasteiger charge is 2.41. The maximum atomic E-state index is 6.51. The summed E-state index contributed by atoms with van der Waals surface area (Å²) in [6.07, 6.45) is 0. The van der Waals surface area contributed by atoms with Gasteiger partial charge in [0.15, 0.2) is 0 Å². The lowest BCUT2D eigenvalue weighted by molar-refractivity contribution is -0.184. The zero-order chi connectivity index (χ0) is 18.7. The van der Waals surface area contributed by atoms with Gasteiger partial charge in [-0.25, -0.2) is 0 Å². The molecule has 0 bridgehead atoms. The van der Waals surface area contributed by atoms with Crippen LogP contribution in [0, 0.1) is 0 Å². The lowest BCUT2D eigenvalue weighted by Crippen LogP contribution is -2.41. The number of ether oxygens (including phenoxy) is 2. The molecule has 0 fully saturated rings. The third-order valence-electron chi connectivity index (χ3n) is 4.78. The molecule has 0 aromatic heterocycles. The number of benzene rings is 3. The van der Waals surface area contributed by atoms with Gasteiger partial charge in [0.1, 0.15) is 5.75 Å². The molecule has 1 aliphatic rings. The molecular formula is C22H22O4Si. The summed E-state index contributed by atoms with van der Waals surface area (Å²) in [7, 11) is 1.50. The van der Waals surface area contributed by atoms with Crippen molar-refractivity contribution in [1.82, 2.24) is 0 Å². The first-order valence-corrected chi connectivity index (χ1v) is 10.4. The van der Waals surface area contributed by atoms with Crippen molar-refractivity contribution in [3.63, 3.8) is 0 Å². The van der Waals surface area contributed by atoms with Crippen molar-refractivity contribution in [3.8, 4) is 5.75 Å². The Morgan fingerprint density at radius 2 is 1.41 bits per heavy atom. The van der Waals surface area contributed by atoms with Gasteiger partial charge in [-0.1, -0.05) is 66.7 Å². The molecule has 3 aromatic rings. The molecule has 0 N–H and O–H groups in total. The summed E-state index contributed by atoms with van der Waals surface area (Å²) in [5.41, 5.74) is 2.93. The van der Waals surface area contributed by atoms with Crippen LogP contribution in [0.2, 0.25) is 0 Å². The van der Waals surface area contributed by atoms with E-state index in [9.17, 15) is 0 Å². The fourth-order valence-corrected chi connectivity index (χ4v) is 4.78. The summed E-state index contributed by atoms with van der Waals surface area (Å²) in [6, 6.07) is 26.2. The lowest BCUT2D eigenvalue weighted by Gasteiger charge is -2.39. The number of hydrogen-bond acceptors (Lipinski definition) is 4. The fraction of sp³-hybridized carbons (Fsp3) is 0.182. The van der Waals surface area contributed by atoms with E-state index < -0.39 is 15.1 Å². The Balaban J connectivity index is 1.77. The van der Waals surface area contributed by atoms with Gasteiger partial charge in [0.05, 0.1) is 6.61 Å². The average molecular weight is 379 g/mol. The minimum atomic E-state index is -1.86. The number of rotatable bonds is 5. The standard InChI is InChI=1S/C22H22O4Si/c1-23-27(24-2)20-13-14-21-17(15-20)16-25-22(26-21,18-9-5-3-6-10-18)19-11-7-4-8-12-19/h3-15,27H,16H2,1-2H3. The summed E-state index contributed by atoms with van der Waals surface area (Å²) >= 11 is 0. The Morgan fingerprint density at radius 1 is 0.815 bits per heavy atom. The molecule has 3 aromatic carbocycles. The van der Waals surface area contributed by atoms with Crippen LogP contribution >= 0.6 is 0 Å². The summed E-state index contributed by atoms with van der Waals surface area (Å²) < 4.78 is 23.9. The molecule has 0 atom stereocenters. The van der Waals surface area contributed by atoms with E-state index in [1.807, 2.05) is 72.8 Å². The molecule has 1 heterocycles. The van der Waals surface area contributed by atoms with Crippen molar-refractivity contribution in [2.24, 2.45) is 0 Å². The zero-order valence-electron chi connectivity index (χ0n) is 15.4. The van der Waals surface area contributed by atoms with Gasteiger partial charge >= 0.3 is 9.28 Å². The van der Waals surface area contributed by atoms with Crippen LogP contribution in [-0.2, 0) is 26.0 Å². The van der Waals surface area contributed by atoms with Gasteiger partial charge in [0, 0.05) is 30.9 Å². The van der Waals surface area contributed by atoms with Crippen LogP contribution < -0.4 is 9.92 Å². The topological polar surface area (TPSA) is 36.9 Å². The first-order valence-electron chi connectivity index (χ1n) is 8.89. The van der Waals surface area contributed by atoms with E-state index in [1.165, 1.54) is 0 Å². The third kappa shape index (κ3) is 3.30. The minimum absolute atomic E-state index is 0.446. The quantitative estimate of drug-likeness (QED) is 0.639. The predicted octanol–water partition coefficient (Wildman–Crippen LogP) is 3.22. The maximum absolute atomic E-state index is 6.51. The number of hydrogen-bond donors (Lipinski definition) is 0. The van der Waals surface area contributed by atoms with Crippen LogP contribution in [0.25, 0.3) is 0 Å². The van der Waals surface area contributed by atoms with Crippen molar-refractivity contribution < 1.29 is 18.3 Å². The molecule has 0 spiro atoms. The lowest BCUT2D eigenvalue weighted by atomic mass is 9.95. The van der Waals surface area contributed by atoms with Crippen LogP contribution in [0.1, 0.15) is 16.7 Å². The van der Waals surface area contributed by atoms with Crippen LogP contribution in [0.15, 0.2) is 78.9 Å². The SMILES string of the molecule is CO[SiH](OC)c1ccc2c(c1)COC(c1ccccc1)(c1ccccc1)O2. The third-order valence-corrected chi connectivity index (χ3v) is 6.54. The van der Waals surface area contributed by atoms with E-state index >= 15 is 0 Å². The van der Waals surface area contributed by atoms with Crippen molar-refractivity contribution in [1.29, 1.82) is 0 Å². The predicted molar refractivity (Wildman–Crippen MR) is 106 cm³/mol. The van der Waals surface area contributed by atoms with E-state index in [1.54, 1.807) is 14.2 Å². The molecule has 138 valence electrons. The monoisotopic (exact) mass is 378 g/mol. The molecule has 0 saturated heterocycles. The Bertz CT molecular complexity index is 855. The van der Waals surface area contributed by atoms with Crippen LogP contribution in [0.4, 0.5) is 0 Å². The molecule has 0 radical (unpaired) electrons. The zero-order valence-corrected chi connectivity index (χ0v) is 16.6. The molecule has 1 aliphatic heterocycles. The Morgan fingerprint density at radius 3 is 1.96 bits per heavy atom. The smallest absolute Gasteiger partial charge is 0.355 e. The largest absolute Gasteiger partial charge is 0.453 e. The first-order chi connectivity index (χ1) is 13.3. The molecule has 4 nitrogen and oxygen atoms in total. The highest BCUT2D eigenvalue weighted by atomic mass is 28.3. The summed E-state index contributed by atoms with van der Waals surface area (Å²) in [6.45, 7) is 0.446. The van der Waals surface area contributed by atoms with Gasteiger partial charge in [-0.3, -0.25) is 0 Å². The summed E-state index contributed by atoms with van der Waals surface area (Å²) in [4.78, 5) is 0. The second-order valence-corrected chi connectivity index (χ2v) is 8.68. The average Bonchev–Trinajstić information content (AvgIpc) is 2.75. The summed E-state index contributed by atoms with van der Waals surface area (Å²) in [5, 5.41) is 1.07. The van der Waals surface area contributed by atoms with E-state index in [0.717, 1.165) is 27.6 Å². The molecule has 0 unspecified atom stereocenters. The van der Waals surface area contributed by atoms with E-state index in [2.05, 4.69) is 6.07 Å². The second kappa shape index (κ2) is 7.66. The van der Waals surface area contributed by atoms with Crippen molar-refractivity contribution >= 4 is 14.5 Å². The minimum Gasteiger partial charge on any atom is -0.453 e. The van der Waals surface area contributed by atoms with Crippen LogP contribution in [-0.4, -0.2) is 23.5 Å². The normalized spacial score (nSPS) is 15.2. The molecule has 5 heteroatoms. The highest BCUT2D eigenvalue weighted by molar-refractivity contribution is 6.61. The van der Waals surface area contributed by atoms with Gasteiger partial charge in [-0.2, -0.15) is 0 Å². The van der Waals surface area contributed by atoms with Crippen molar-refractivity contribution in [2.75, 3.05) is 14.2 Å². The van der Waals surface area contributed by atoms with Crippen LogP contribution in [0.5, 0.6) is 5.75 Å². The van der Waals surface area contributed by atoms with Crippen molar-refractivity contribution in [2.45, 2.75) is 12.4 Å². The highest BCUT2D eigenvalue weighted by Crippen LogP contribution is 2.41. The molecule has 4 rings (SSSR count). The van der Waals surface area contributed by atoms with Gasteiger partial charge in [-0.05, 0) is 17.3 Å². The van der Waals surface area contributed by atoms with Crippen LogP contribution in [0.3, 0.4) is 0 Å². The van der Waals surface area contributed by atoms with Gasteiger partial charge in [0.25, 0.3) is 5.79 Å². The van der Waals surface area contributed by atoms with E-state index in [-0.39, 0.29) is 0 Å². The Labute approximate surface area is 161 Å². The Hall–Kier alpha value is -2.44. The van der Waals surface area contributed by atoms with Gasteiger partial charge in [0.2, 0.25) is 0 Å². The van der Waals surface area contributed by atoms with E-state index in [0.29, 0.717) is 6.61 Å². The molecule has 0 saturated carbocycles. The maximum Gasteiger partial charge on any atom is 0.355 e. The Kier molecular flexibility index (Phi) is 5.09. The second-order valence-electron chi connectivity index (χ2n) is 6.41. The molecule has 27 heavy (non-hydrogen) atoms. The van der Waals surface area contributed by atoms with Gasteiger partial charge < -0.3 is 18.3 Å². The van der Waals surface area contributed by atoms with E-state index in [4.69, 9.17) is 18.3 Å². The van der Waals surface area contributed by atoms with Crippen molar-refractivity contribution in [3.05, 3.63) is 95.6 Å². The van der Waals surface area contributed by atoms with Gasteiger partial charge in [-0.15, -0.1) is 0 Å². The molecule has 0 aliphatic carbocycles. The fourth-order valence-electron chi connectivity index (χ4n) is 3.46. The first kappa shape index (κ1) is 17.9.